The number of benzene rings is 1. The highest BCUT2D eigenvalue weighted by Crippen LogP contribution is 2.20. The minimum atomic E-state index is 0.338. The zero-order valence-corrected chi connectivity index (χ0v) is 11.0. The predicted molar refractivity (Wildman–Crippen MR) is 73.3 cm³/mol. The van der Waals surface area contributed by atoms with Crippen LogP contribution in [0.25, 0.3) is 0 Å². The number of nitrogens with zero attached hydrogens (tertiary/aromatic N) is 2. The Kier molecular flexibility index (Phi) is 4.20. The number of nitrogens with two attached hydrogens (primary N) is 1. The maximum Gasteiger partial charge on any atom is 0.191 e. The molecule has 1 heterocycles. The van der Waals surface area contributed by atoms with Crippen LogP contribution in [-0.2, 0) is 11.3 Å². The van der Waals surface area contributed by atoms with Crippen LogP contribution in [0.5, 0.6) is 0 Å². The van der Waals surface area contributed by atoms with Crippen LogP contribution < -0.4 is 5.73 Å². The Bertz CT molecular complexity index is 405. The molecule has 0 fully saturated rings. The summed E-state index contributed by atoms with van der Waals surface area (Å²) in [4.78, 5) is 6.54. The fourth-order valence-electron chi connectivity index (χ4n) is 2.39. The second-order valence-corrected chi connectivity index (χ2v) is 4.81. The Morgan fingerprint density at radius 2 is 2.17 bits per heavy atom. The topological polar surface area (TPSA) is 50.9 Å². The van der Waals surface area contributed by atoms with E-state index in [1.165, 1.54) is 5.56 Å². The first kappa shape index (κ1) is 12.9. The predicted octanol–water partition coefficient (Wildman–Crippen LogP) is 1.47. The second-order valence-electron chi connectivity index (χ2n) is 4.81. The van der Waals surface area contributed by atoms with Crippen LogP contribution >= 0.6 is 0 Å². The van der Waals surface area contributed by atoms with Crippen molar-refractivity contribution in [2.75, 3.05) is 20.3 Å². The zero-order valence-electron chi connectivity index (χ0n) is 11.0. The SMILES string of the molecule is COCC(C)C1CN=C(N)N1Cc1ccccc1. The average molecular weight is 247 g/mol. The lowest BCUT2D eigenvalue weighted by Crippen LogP contribution is -2.44. The Morgan fingerprint density at radius 3 is 2.83 bits per heavy atom. The van der Waals surface area contributed by atoms with Crippen LogP contribution in [0.4, 0.5) is 0 Å². The van der Waals surface area contributed by atoms with E-state index in [0.29, 0.717) is 17.9 Å². The van der Waals surface area contributed by atoms with Crippen LogP contribution in [0.15, 0.2) is 35.3 Å². The summed E-state index contributed by atoms with van der Waals surface area (Å²) in [5, 5.41) is 0. The third kappa shape index (κ3) is 2.82. The fraction of sp³-hybridized carbons (Fsp3) is 0.500. The van der Waals surface area contributed by atoms with Crippen LogP contribution in [0.2, 0.25) is 0 Å². The van der Waals surface area contributed by atoms with E-state index in [9.17, 15) is 0 Å². The van der Waals surface area contributed by atoms with Gasteiger partial charge in [-0.2, -0.15) is 0 Å². The van der Waals surface area contributed by atoms with E-state index in [1.54, 1.807) is 7.11 Å². The number of guanidine groups is 1. The third-order valence-corrected chi connectivity index (χ3v) is 3.42. The third-order valence-electron chi connectivity index (χ3n) is 3.42. The Labute approximate surface area is 108 Å². The van der Waals surface area contributed by atoms with Crippen molar-refractivity contribution < 1.29 is 4.74 Å². The smallest absolute Gasteiger partial charge is 0.191 e. The van der Waals surface area contributed by atoms with Gasteiger partial charge in [-0.15, -0.1) is 0 Å². The molecule has 0 spiro atoms. The van der Waals surface area contributed by atoms with Crippen molar-refractivity contribution in [2.45, 2.75) is 19.5 Å². The molecule has 2 unspecified atom stereocenters. The summed E-state index contributed by atoms with van der Waals surface area (Å²) in [6, 6.07) is 10.7. The monoisotopic (exact) mass is 247 g/mol. The zero-order chi connectivity index (χ0) is 13.0. The van der Waals surface area contributed by atoms with Gasteiger partial charge in [-0.1, -0.05) is 37.3 Å². The van der Waals surface area contributed by atoms with Gasteiger partial charge in [0.15, 0.2) is 5.96 Å². The molecule has 4 nitrogen and oxygen atoms in total. The molecule has 2 rings (SSSR count). The Balaban J connectivity index is 2.06. The van der Waals surface area contributed by atoms with Gasteiger partial charge in [0.05, 0.1) is 19.2 Å². The van der Waals surface area contributed by atoms with Crippen molar-refractivity contribution in [3.63, 3.8) is 0 Å². The molecular weight excluding hydrogens is 226 g/mol. The molecule has 98 valence electrons. The molecule has 0 amide bonds. The number of aliphatic imine (C=N–C) groups is 1. The molecule has 0 radical (unpaired) electrons. The molecule has 1 aliphatic heterocycles. The minimum absolute atomic E-state index is 0.338. The molecule has 1 aromatic carbocycles. The molecule has 4 heteroatoms. The highest BCUT2D eigenvalue weighted by molar-refractivity contribution is 5.80. The normalized spacial score (nSPS) is 20.9. The number of methoxy groups -OCH3 is 1. The highest BCUT2D eigenvalue weighted by atomic mass is 16.5. The quantitative estimate of drug-likeness (QED) is 0.857. The molecule has 1 aliphatic rings. The van der Waals surface area contributed by atoms with Gasteiger partial charge in [0.25, 0.3) is 0 Å². The fourth-order valence-corrected chi connectivity index (χ4v) is 2.39. The van der Waals surface area contributed by atoms with Gasteiger partial charge >= 0.3 is 0 Å². The van der Waals surface area contributed by atoms with Gasteiger partial charge in [0, 0.05) is 19.6 Å². The van der Waals surface area contributed by atoms with E-state index in [-0.39, 0.29) is 0 Å². The van der Waals surface area contributed by atoms with E-state index in [2.05, 4.69) is 28.9 Å². The average Bonchev–Trinajstić information content (AvgIpc) is 2.73. The molecule has 1 aromatic rings. The van der Waals surface area contributed by atoms with Gasteiger partial charge in [-0.25, -0.2) is 0 Å². The summed E-state index contributed by atoms with van der Waals surface area (Å²) in [7, 11) is 1.73. The summed E-state index contributed by atoms with van der Waals surface area (Å²) in [6.45, 7) is 4.50. The molecule has 2 atom stereocenters. The number of ether oxygens (including phenoxy) is 1. The lowest BCUT2D eigenvalue weighted by atomic mass is 10.0. The van der Waals surface area contributed by atoms with Crippen LogP contribution in [0.1, 0.15) is 12.5 Å². The van der Waals surface area contributed by atoms with Gasteiger partial charge < -0.3 is 15.4 Å². The minimum Gasteiger partial charge on any atom is -0.384 e. The van der Waals surface area contributed by atoms with Gasteiger partial charge in [-0.3, -0.25) is 4.99 Å². The maximum atomic E-state index is 5.99. The summed E-state index contributed by atoms with van der Waals surface area (Å²) < 4.78 is 5.23. The van der Waals surface area contributed by atoms with Crippen LogP contribution in [0, 0.1) is 5.92 Å². The second kappa shape index (κ2) is 5.87. The molecule has 0 aromatic heterocycles. The van der Waals surface area contributed by atoms with Crippen LogP contribution in [-0.4, -0.2) is 37.2 Å². The van der Waals surface area contributed by atoms with E-state index in [4.69, 9.17) is 10.5 Å². The lowest BCUT2D eigenvalue weighted by Gasteiger charge is -2.30. The maximum absolute atomic E-state index is 5.99. The van der Waals surface area contributed by atoms with Gasteiger partial charge in [0.2, 0.25) is 0 Å². The van der Waals surface area contributed by atoms with Gasteiger partial charge in [0.1, 0.15) is 0 Å². The van der Waals surface area contributed by atoms with Crippen LogP contribution in [0.3, 0.4) is 0 Å². The molecule has 0 aliphatic carbocycles. The lowest BCUT2D eigenvalue weighted by molar-refractivity contribution is 0.118. The van der Waals surface area contributed by atoms with Crippen molar-refractivity contribution in [2.24, 2.45) is 16.6 Å². The number of hydrogen-bond acceptors (Lipinski definition) is 4. The highest BCUT2D eigenvalue weighted by Gasteiger charge is 2.30. The largest absolute Gasteiger partial charge is 0.384 e. The molecule has 0 bridgehead atoms. The standard InChI is InChI=1S/C14H21N3O/c1-11(10-18-2)13-8-16-14(15)17(13)9-12-6-4-3-5-7-12/h3-7,11,13H,8-10H2,1-2H3,(H2,15,16). The number of rotatable bonds is 5. The van der Waals surface area contributed by atoms with E-state index in [0.717, 1.165) is 19.7 Å². The molecule has 0 saturated heterocycles. The van der Waals surface area contributed by atoms with Crippen molar-refractivity contribution in [1.82, 2.24) is 4.90 Å². The first-order chi connectivity index (χ1) is 8.72. The van der Waals surface area contributed by atoms with E-state index in [1.807, 2.05) is 18.2 Å². The summed E-state index contributed by atoms with van der Waals surface area (Å²) in [5.74, 6) is 1.07. The number of hydrogen-bond donors (Lipinski definition) is 1. The summed E-state index contributed by atoms with van der Waals surface area (Å²) in [5.41, 5.74) is 7.24. The van der Waals surface area contributed by atoms with Crippen molar-refractivity contribution >= 4 is 5.96 Å². The van der Waals surface area contributed by atoms with Gasteiger partial charge in [-0.05, 0) is 5.56 Å². The summed E-state index contributed by atoms with van der Waals surface area (Å²) >= 11 is 0. The Hall–Kier alpha value is -1.55. The Morgan fingerprint density at radius 1 is 1.44 bits per heavy atom. The van der Waals surface area contributed by atoms with Crippen molar-refractivity contribution in [1.29, 1.82) is 0 Å². The summed E-state index contributed by atoms with van der Waals surface area (Å²) in [6.07, 6.45) is 0. The van der Waals surface area contributed by atoms with Crippen molar-refractivity contribution in [3.05, 3.63) is 35.9 Å². The van der Waals surface area contributed by atoms with E-state index < -0.39 is 0 Å². The first-order valence-electron chi connectivity index (χ1n) is 6.31. The van der Waals surface area contributed by atoms with E-state index >= 15 is 0 Å². The molecule has 18 heavy (non-hydrogen) atoms. The van der Waals surface area contributed by atoms with Crippen molar-refractivity contribution in [3.8, 4) is 0 Å². The first-order valence-corrected chi connectivity index (χ1v) is 6.31. The molecule has 0 saturated carbocycles. The molecular formula is C14H21N3O. The molecule has 2 N–H and O–H groups in total.